The van der Waals surface area contributed by atoms with Gasteiger partial charge in [-0.3, -0.25) is 0 Å². The summed E-state index contributed by atoms with van der Waals surface area (Å²) in [6.07, 6.45) is 1.62. The first kappa shape index (κ1) is 8.19. The molecule has 0 saturated carbocycles. The second-order valence-corrected chi connectivity index (χ2v) is 2.22. The Labute approximate surface area is 55.7 Å². The molecule has 0 saturated heterocycles. The van der Waals surface area contributed by atoms with Gasteiger partial charge in [-0.2, -0.15) is 5.26 Å². The molecule has 0 atom stereocenters. The second-order valence-electron chi connectivity index (χ2n) is 2.22. The summed E-state index contributed by atoms with van der Waals surface area (Å²) in [5, 5.41) is 8.41. The third kappa shape index (κ3) is 3.75. The SMILES string of the molecule is C=CCOC(C)(C)C#N. The van der Waals surface area contributed by atoms with Crippen LogP contribution in [0.2, 0.25) is 0 Å². The largest absolute Gasteiger partial charge is 0.357 e. The van der Waals surface area contributed by atoms with Gasteiger partial charge in [0.1, 0.15) is 5.60 Å². The lowest BCUT2D eigenvalue weighted by molar-refractivity contribution is 0.0453. The number of nitrogens with zero attached hydrogens (tertiary/aromatic N) is 1. The second kappa shape index (κ2) is 3.26. The Morgan fingerprint density at radius 2 is 2.33 bits per heavy atom. The molecule has 0 N–H and O–H groups in total. The van der Waals surface area contributed by atoms with Gasteiger partial charge in [0.25, 0.3) is 0 Å². The summed E-state index contributed by atoms with van der Waals surface area (Å²) in [5.74, 6) is 0. The smallest absolute Gasteiger partial charge is 0.149 e. The quantitative estimate of drug-likeness (QED) is 0.535. The van der Waals surface area contributed by atoms with Gasteiger partial charge in [-0.25, -0.2) is 0 Å². The lowest BCUT2D eigenvalue weighted by atomic mass is 10.2. The zero-order chi connectivity index (χ0) is 7.33. The molecule has 0 aliphatic rings. The maximum Gasteiger partial charge on any atom is 0.149 e. The first-order chi connectivity index (χ1) is 4.12. The van der Waals surface area contributed by atoms with E-state index in [2.05, 4.69) is 6.58 Å². The van der Waals surface area contributed by atoms with Gasteiger partial charge in [0, 0.05) is 0 Å². The van der Waals surface area contributed by atoms with Crippen LogP contribution in [0.3, 0.4) is 0 Å². The minimum atomic E-state index is -0.672. The standard InChI is InChI=1S/C7H11NO/c1-4-5-9-7(2,3)6-8/h4H,1,5H2,2-3H3. The number of nitriles is 1. The van der Waals surface area contributed by atoms with Gasteiger partial charge in [0.15, 0.2) is 0 Å². The zero-order valence-electron chi connectivity index (χ0n) is 5.85. The molecule has 0 aromatic carbocycles. The van der Waals surface area contributed by atoms with Crippen LogP contribution in [-0.2, 0) is 4.74 Å². The lowest BCUT2D eigenvalue weighted by Crippen LogP contribution is -2.21. The predicted molar refractivity (Wildman–Crippen MR) is 35.8 cm³/mol. The van der Waals surface area contributed by atoms with Gasteiger partial charge in [-0.1, -0.05) is 6.08 Å². The van der Waals surface area contributed by atoms with E-state index in [0.29, 0.717) is 6.61 Å². The molecule has 0 heterocycles. The third-order valence-corrected chi connectivity index (χ3v) is 0.831. The summed E-state index contributed by atoms with van der Waals surface area (Å²) in [6, 6.07) is 2.01. The van der Waals surface area contributed by atoms with E-state index in [-0.39, 0.29) is 0 Å². The molecule has 9 heavy (non-hydrogen) atoms. The minimum absolute atomic E-state index is 0.431. The van der Waals surface area contributed by atoms with Crippen molar-refractivity contribution in [3.05, 3.63) is 12.7 Å². The summed E-state index contributed by atoms with van der Waals surface area (Å²) in [5.41, 5.74) is -0.672. The highest BCUT2D eigenvalue weighted by atomic mass is 16.5. The Hall–Kier alpha value is -0.810. The number of rotatable bonds is 3. The Kier molecular flexibility index (Phi) is 2.97. The average molecular weight is 125 g/mol. The van der Waals surface area contributed by atoms with Crippen LogP contribution in [0.5, 0.6) is 0 Å². The molecule has 2 nitrogen and oxygen atoms in total. The topological polar surface area (TPSA) is 33.0 Å². The van der Waals surface area contributed by atoms with Gasteiger partial charge >= 0.3 is 0 Å². The molecule has 0 aromatic rings. The monoisotopic (exact) mass is 125 g/mol. The van der Waals surface area contributed by atoms with Crippen LogP contribution in [0.15, 0.2) is 12.7 Å². The summed E-state index contributed by atoms with van der Waals surface area (Å²) in [7, 11) is 0. The molecule has 0 aliphatic carbocycles. The molecule has 0 fully saturated rings. The molecular weight excluding hydrogens is 114 g/mol. The molecule has 0 rings (SSSR count). The fourth-order valence-electron chi connectivity index (χ4n) is 0.300. The third-order valence-electron chi connectivity index (χ3n) is 0.831. The molecule has 0 bridgehead atoms. The fraction of sp³-hybridized carbons (Fsp3) is 0.571. The van der Waals surface area contributed by atoms with Gasteiger partial charge in [0.05, 0.1) is 12.7 Å². The van der Waals surface area contributed by atoms with E-state index in [1.807, 2.05) is 6.07 Å². The molecule has 0 unspecified atom stereocenters. The van der Waals surface area contributed by atoms with Crippen molar-refractivity contribution in [1.82, 2.24) is 0 Å². The van der Waals surface area contributed by atoms with Crippen LogP contribution in [0, 0.1) is 11.3 Å². The molecule has 2 heteroatoms. The molecule has 0 amide bonds. The van der Waals surface area contributed by atoms with Crippen molar-refractivity contribution in [3.63, 3.8) is 0 Å². The van der Waals surface area contributed by atoms with Crippen LogP contribution >= 0.6 is 0 Å². The molecule has 0 spiro atoms. The van der Waals surface area contributed by atoms with Gasteiger partial charge in [-0.15, -0.1) is 6.58 Å². The van der Waals surface area contributed by atoms with E-state index in [1.165, 1.54) is 0 Å². The first-order valence-corrected chi connectivity index (χ1v) is 2.78. The van der Waals surface area contributed by atoms with Gasteiger partial charge < -0.3 is 4.74 Å². The number of hydrogen-bond acceptors (Lipinski definition) is 2. The predicted octanol–water partition coefficient (Wildman–Crippen LogP) is 1.49. The van der Waals surface area contributed by atoms with E-state index >= 15 is 0 Å². The Balaban J connectivity index is 3.61. The fourth-order valence-corrected chi connectivity index (χ4v) is 0.300. The lowest BCUT2D eigenvalue weighted by Gasteiger charge is -2.13. The Morgan fingerprint density at radius 1 is 1.78 bits per heavy atom. The van der Waals surface area contributed by atoms with Crippen molar-refractivity contribution < 1.29 is 4.74 Å². The highest BCUT2D eigenvalue weighted by Gasteiger charge is 2.14. The molecule has 50 valence electrons. The average Bonchev–Trinajstić information content (AvgIpc) is 1.84. The summed E-state index contributed by atoms with van der Waals surface area (Å²) in [6.45, 7) is 7.33. The van der Waals surface area contributed by atoms with Crippen molar-refractivity contribution in [2.75, 3.05) is 6.61 Å². The van der Waals surface area contributed by atoms with E-state index in [0.717, 1.165) is 0 Å². The minimum Gasteiger partial charge on any atom is -0.357 e. The van der Waals surface area contributed by atoms with Gasteiger partial charge in [0.2, 0.25) is 0 Å². The first-order valence-electron chi connectivity index (χ1n) is 2.78. The molecular formula is C7H11NO. The Morgan fingerprint density at radius 3 is 2.67 bits per heavy atom. The molecule has 0 aliphatic heterocycles. The summed E-state index contributed by atoms with van der Waals surface area (Å²) in [4.78, 5) is 0. The van der Waals surface area contributed by atoms with Crippen molar-refractivity contribution >= 4 is 0 Å². The van der Waals surface area contributed by atoms with Crippen LogP contribution < -0.4 is 0 Å². The van der Waals surface area contributed by atoms with E-state index < -0.39 is 5.60 Å². The summed E-state index contributed by atoms with van der Waals surface area (Å²) >= 11 is 0. The van der Waals surface area contributed by atoms with Crippen molar-refractivity contribution in [2.45, 2.75) is 19.4 Å². The van der Waals surface area contributed by atoms with Crippen LogP contribution in [0.1, 0.15) is 13.8 Å². The highest BCUT2D eigenvalue weighted by molar-refractivity contribution is 4.94. The number of hydrogen-bond donors (Lipinski definition) is 0. The zero-order valence-corrected chi connectivity index (χ0v) is 5.85. The molecule has 0 radical (unpaired) electrons. The number of ether oxygens (including phenoxy) is 1. The van der Waals surface area contributed by atoms with Crippen molar-refractivity contribution in [1.29, 1.82) is 5.26 Å². The molecule has 0 aromatic heterocycles. The van der Waals surface area contributed by atoms with Crippen LogP contribution in [0.25, 0.3) is 0 Å². The van der Waals surface area contributed by atoms with E-state index in [4.69, 9.17) is 10.00 Å². The van der Waals surface area contributed by atoms with Crippen LogP contribution in [-0.4, -0.2) is 12.2 Å². The normalized spacial score (nSPS) is 10.3. The highest BCUT2D eigenvalue weighted by Crippen LogP contribution is 2.05. The van der Waals surface area contributed by atoms with E-state index in [1.54, 1.807) is 19.9 Å². The van der Waals surface area contributed by atoms with Gasteiger partial charge in [-0.05, 0) is 13.8 Å². The van der Waals surface area contributed by atoms with E-state index in [9.17, 15) is 0 Å². The maximum atomic E-state index is 8.41. The Bertz CT molecular complexity index is 132. The maximum absolute atomic E-state index is 8.41. The van der Waals surface area contributed by atoms with Crippen molar-refractivity contribution in [2.24, 2.45) is 0 Å². The summed E-state index contributed by atoms with van der Waals surface area (Å²) < 4.78 is 5.05. The van der Waals surface area contributed by atoms with Crippen LogP contribution in [0.4, 0.5) is 0 Å². The van der Waals surface area contributed by atoms with Crippen molar-refractivity contribution in [3.8, 4) is 6.07 Å².